The van der Waals surface area contributed by atoms with Crippen LogP contribution in [0.25, 0.3) is 10.9 Å². The number of nitrogens with zero attached hydrogens (tertiary/aromatic N) is 1. The van der Waals surface area contributed by atoms with Crippen LogP contribution in [0.1, 0.15) is 5.69 Å². The molecule has 1 aromatic heterocycles. The lowest BCUT2D eigenvalue weighted by Crippen LogP contribution is -2.05. The minimum atomic E-state index is -2.93. The second kappa shape index (κ2) is 5.38. The van der Waals surface area contributed by atoms with Gasteiger partial charge in [-0.15, -0.1) is 11.8 Å². The van der Waals surface area contributed by atoms with Crippen molar-refractivity contribution in [3.63, 3.8) is 0 Å². The van der Waals surface area contributed by atoms with Crippen molar-refractivity contribution in [2.24, 2.45) is 0 Å². The Morgan fingerprint density at radius 2 is 2.05 bits per heavy atom. The smallest absolute Gasteiger partial charge is 0.148 e. The molecule has 19 heavy (non-hydrogen) atoms. The van der Waals surface area contributed by atoms with Crippen LogP contribution >= 0.6 is 11.8 Å². The van der Waals surface area contributed by atoms with Gasteiger partial charge in [0.1, 0.15) is 9.84 Å². The molecule has 2 N–H and O–H groups in total. The van der Waals surface area contributed by atoms with Crippen LogP contribution in [0.5, 0.6) is 0 Å². The Balaban J connectivity index is 2.33. The molecule has 4 nitrogen and oxygen atoms in total. The van der Waals surface area contributed by atoms with Gasteiger partial charge in [-0.2, -0.15) is 0 Å². The summed E-state index contributed by atoms with van der Waals surface area (Å²) in [5, 5.41) is 0.976. The quantitative estimate of drug-likeness (QED) is 0.692. The molecule has 0 unspecified atom stereocenters. The fourth-order valence-electron chi connectivity index (χ4n) is 1.76. The lowest BCUT2D eigenvalue weighted by atomic mass is 10.2. The van der Waals surface area contributed by atoms with Crippen molar-refractivity contribution in [3.05, 3.63) is 30.0 Å². The maximum absolute atomic E-state index is 11.2. The SMILES string of the molecule is Cc1cc(SCCS(C)(=O)=O)c2cc(N)ccc2n1. The number of anilines is 1. The summed E-state index contributed by atoms with van der Waals surface area (Å²) in [5.41, 5.74) is 8.28. The Kier molecular flexibility index (Phi) is 4.01. The summed E-state index contributed by atoms with van der Waals surface area (Å²) in [7, 11) is -2.93. The van der Waals surface area contributed by atoms with Crippen LogP contribution in [-0.2, 0) is 9.84 Å². The molecule has 0 atom stereocenters. The minimum absolute atomic E-state index is 0.169. The highest BCUT2D eigenvalue weighted by atomic mass is 32.2. The van der Waals surface area contributed by atoms with Crippen LogP contribution in [0, 0.1) is 6.92 Å². The maximum atomic E-state index is 11.2. The highest BCUT2D eigenvalue weighted by Crippen LogP contribution is 2.29. The Morgan fingerprint density at radius 1 is 1.32 bits per heavy atom. The minimum Gasteiger partial charge on any atom is -0.399 e. The number of aromatic nitrogens is 1. The Labute approximate surface area is 117 Å². The third-order valence-electron chi connectivity index (χ3n) is 2.63. The van der Waals surface area contributed by atoms with E-state index < -0.39 is 9.84 Å². The number of benzene rings is 1. The molecule has 1 heterocycles. The lowest BCUT2D eigenvalue weighted by Gasteiger charge is -2.08. The van der Waals surface area contributed by atoms with E-state index in [9.17, 15) is 8.42 Å². The molecule has 1 aromatic carbocycles. The molecule has 2 aromatic rings. The normalized spacial score (nSPS) is 11.9. The van der Waals surface area contributed by atoms with Gasteiger partial charge in [-0.25, -0.2) is 8.42 Å². The average Bonchev–Trinajstić information content (AvgIpc) is 2.28. The number of hydrogen-bond acceptors (Lipinski definition) is 5. The Morgan fingerprint density at radius 3 is 2.74 bits per heavy atom. The molecule has 2 rings (SSSR count). The molecule has 0 amide bonds. The predicted octanol–water partition coefficient (Wildman–Crippen LogP) is 2.26. The molecule has 0 aliphatic carbocycles. The second-order valence-electron chi connectivity index (χ2n) is 4.52. The van der Waals surface area contributed by atoms with Crippen LogP contribution in [0.2, 0.25) is 0 Å². The van der Waals surface area contributed by atoms with E-state index >= 15 is 0 Å². The summed E-state index contributed by atoms with van der Waals surface area (Å²) < 4.78 is 22.3. The zero-order chi connectivity index (χ0) is 14.0. The van der Waals surface area contributed by atoms with Crippen molar-refractivity contribution < 1.29 is 8.42 Å². The third kappa shape index (κ3) is 3.84. The summed E-state index contributed by atoms with van der Waals surface area (Å²) >= 11 is 1.52. The van der Waals surface area contributed by atoms with E-state index in [0.717, 1.165) is 21.5 Å². The molecular weight excluding hydrogens is 280 g/mol. The molecule has 0 aliphatic heterocycles. The first-order valence-electron chi connectivity index (χ1n) is 5.82. The molecule has 6 heteroatoms. The number of fused-ring (bicyclic) bond motifs is 1. The molecule has 0 saturated heterocycles. The standard InChI is InChI=1S/C13H16N2O2S2/c1-9-7-13(18-5-6-19(2,16)17)11-8-10(14)3-4-12(11)15-9/h3-4,7-8H,5-6,14H2,1-2H3. The molecule has 0 radical (unpaired) electrons. The van der Waals surface area contributed by atoms with Crippen LogP contribution < -0.4 is 5.73 Å². The number of rotatable bonds is 4. The van der Waals surface area contributed by atoms with E-state index in [2.05, 4.69) is 4.98 Å². The number of nitrogen functional groups attached to an aromatic ring is 1. The van der Waals surface area contributed by atoms with E-state index in [0.29, 0.717) is 11.4 Å². The first-order valence-corrected chi connectivity index (χ1v) is 8.87. The summed E-state index contributed by atoms with van der Waals surface area (Å²) in [4.78, 5) is 5.47. The van der Waals surface area contributed by atoms with Crippen LogP contribution in [0.3, 0.4) is 0 Å². The van der Waals surface area contributed by atoms with Gasteiger partial charge >= 0.3 is 0 Å². The zero-order valence-electron chi connectivity index (χ0n) is 10.9. The first-order chi connectivity index (χ1) is 8.85. The van der Waals surface area contributed by atoms with Gasteiger partial charge in [0.25, 0.3) is 0 Å². The van der Waals surface area contributed by atoms with Gasteiger partial charge in [0, 0.05) is 33.7 Å². The highest BCUT2D eigenvalue weighted by molar-refractivity contribution is 8.00. The zero-order valence-corrected chi connectivity index (χ0v) is 12.5. The largest absolute Gasteiger partial charge is 0.399 e. The van der Waals surface area contributed by atoms with Crippen molar-refractivity contribution in [1.29, 1.82) is 0 Å². The van der Waals surface area contributed by atoms with E-state index in [4.69, 9.17) is 5.73 Å². The molecule has 0 saturated carbocycles. The van der Waals surface area contributed by atoms with Gasteiger partial charge < -0.3 is 5.73 Å². The fourth-order valence-corrected chi connectivity index (χ4v) is 4.10. The monoisotopic (exact) mass is 296 g/mol. The van der Waals surface area contributed by atoms with Crippen LogP contribution in [-0.4, -0.2) is 31.2 Å². The topological polar surface area (TPSA) is 73.0 Å². The summed E-state index contributed by atoms with van der Waals surface area (Å²) in [6, 6.07) is 7.55. The first kappa shape index (κ1) is 14.1. The van der Waals surface area contributed by atoms with Crippen molar-refractivity contribution in [2.75, 3.05) is 23.5 Å². The second-order valence-corrected chi connectivity index (χ2v) is 7.91. The van der Waals surface area contributed by atoms with Crippen molar-refractivity contribution in [2.45, 2.75) is 11.8 Å². The number of thioether (sulfide) groups is 1. The van der Waals surface area contributed by atoms with Gasteiger partial charge in [0.05, 0.1) is 11.3 Å². The predicted molar refractivity (Wildman–Crippen MR) is 81.3 cm³/mol. The van der Waals surface area contributed by atoms with E-state index in [1.807, 2.05) is 31.2 Å². The molecule has 102 valence electrons. The van der Waals surface area contributed by atoms with E-state index in [-0.39, 0.29) is 5.75 Å². The molecular formula is C13H16N2O2S2. The van der Waals surface area contributed by atoms with Gasteiger partial charge in [0.15, 0.2) is 0 Å². The fraction of sp³-hybridized carbons (Fsp3) is 0.308. The summed E-state index contributed by atoms with van der Waals surface area (Å²) in [6.45, 7) is 1.93. The number of nitrogens with two attached hydrogens (primary N) is 1. The van der Waals surface area contributed by atoms with Gasteiger partial charge in [-0.05, 0) is 31.2 Å². The van der Waals surface area contributed by atoms with Crippen molar-refractivity contribution in [3.8, 4) is 0 Å². The van der Waals surface area contributed by atoms with Crippen molar-refractivity contribution >= 4 is 38.2 Å². The summed E-state index contributed by atoms with van der Waals surface area (Å²) in [5.74, 6) is 0.703. The number of pyridine rings is 1. The number of hydrogen-bond donors (Lipinski definition) is 1. The molecule has 0 spiro atoms. The van der Waals surface area contributed by atoms with Gasteiger partial charge in [-0.3, -0.25) is 4.98 Å². The molecule has 0 bridgehead atoms. The lowest BCUT2D eigenvalue weighted by molar-refractivity contribution is 0.603. The molecule has 0 fully saturated rings. The molecule has 0 aliphatic rings. The summed E-state index contributed by atoms with van der Waals surface area (Å²) in [6.07, 6.45) is 1.25. The van der Waals surface area contributed by atoms with E-state index in [1.54, 1.807) is 0 Å². The Hall–Kier alpha value is -1.27. The van der Waals surface area contributed by atoms with Gasteiger partial charge in [-0.1, -0.05) is 0 Å². The number of aryl methyl sites for hydroxylation is 1. The highest BCUT2D eigenvalue weighted by Gasteiger charge is 2.07. The third-order valence-corrected chi connectivity index (χ3v) is 4.90. The van der Waals surface area contributed by atoms with E-state index in [1.165, 1.54) is 18.0 Å². The van der Waals surface area contributed by atoms with Crippen LogP contribution in [0.4, 0.5) is 5.69 Å². The average molecular weight is 296 g/mol. The number of sulfone groups is 1. The van der Waals surface area contributed by atoms with Gasteiger partial charge in [0.2, 0.25) is 0 Å². The van der Waals surface area contributed by atoms with Crippen LogP contribution in [0.15, 0.2) is 29.2 Å². The Bertz CT molecular complexity index is 712. The van der Waals surface area contributed by atoms with Crippen molar-refractivity contribution in [1.82, 2.24) is 4.98 Å². The maximum Gasteiger partial charge on any atom is 0.148 e.